The molecule has 0 saturated heterocycles. The molecule has 1 N–H and O–H groups in total. The largest absolute Gasteiger partial charge is 0.294 e. The number of carbonyl (C=O) groups is 1. The summed E-state index contributed by atoms with van der Waals surface area (Å²) in [6, 6.07) is 0. The van der Waals surface area contributed by atoms with E-state index in [1.54, 1.807) is 7.05 Å². The Bertz CT molecular complexity index is 395. The molecule has 0 radical (unpaired) electrons. The van der Waals surface area contributed by atoms with Crippen molar-refractivity contribution in [2.24, 2.45) is 10.4 Å². The number of rotatable bonds is 5. The molecule has 0 unspecified atom stereocenters. The van der Waals surface area contributed by atoms with Crippen molar-refractivity contribution >= 4 is 11.5 Å². The molecule has 0 aliphatic heterocycles. The van der Waals surface area contributed by atoms with Gasteiger partial charge in [-0.2, -0.15) is 0 Å². The smallest absolute Gasteiger partial charge is 0.167 e. The molecule has 0 aromatic carbocycles. The van der Waals surface area contributed by atoms with Crippen LogP contribution in [0.5, 0.6) is 0 Å². The number of nitrogens with zero attached hydrogens (tertiary/aromatic N) is 1. The molecular weight excluding hydrogens is 240 g/mol. The quantitative estimate of drug-likeness (QED) is 0.614. The maximum Gasteiger partial charge on any atom is 0.167 e. The third kappa shape index (κ3) is 4.16. The molecule has 0 aromatic heterocycles. The van der Waals surface area contributed by atoms with Crippen molar-refractivity contribution in [1.82, 2.24) is 5.48 Å². The fourth-order valence-corrected chi connectivity index (χ4v) is 2.46. The minimum absolute atomic E-state index is 0.00162. The Morgan fingerprint density at radius 1 is 1.37 bits per heavy atom. The fourth-order valence-electron chi connectivity index (χ4n) is 2.46. The molecule has 4 nitrogen and oxygen atoms in total. The molecule has 1 aliphatic rings. The van der Waals surface area contributed by atoms with Gasteiger partial charge in [-0.1, -0.05) is 27.2 Å². The number of aliphatic imine (C=N–C) groups is 1. The van der Waals surface area contributed by atoms with Crippen molar-refractivity contribution in [3.05, 3.63) is 11.3 Å². The summed E-state index contributed by atoms with van der Waals surface area (Å²) in [5, 5.41) is 0. The highest BCUT2D eigenvalue weighted by molar-refractivity contribution is 6.24. The molecule has 1 saturated carbocycles. The van der Waals surface area contributed by atoms with Crippen molar-refractivity contribution in [1.29, 1.82) is 0 Å². The third-order valence-electron chi connectivity index (χ3n) is 3.26. The van der Waals surface area contributed by atoms with Gasteiger partial charge in [-0.15, -0.1) is 0 Å². The molecule has 1 aliphatic carbocycles. The number of allylic oxidation sites excluding steroid dienone is 2. The normalized spacial score (nSPS) is 23.6. The molecule has 0 heterocycles. The zero-order valence-corrected chi connectivity index (χ0v) is 12.8. The Labute approximate surface area is 116 Å². The van der Waals surface area contributed by atoms with Crippen LogP contribution in [0.2, 0.25) is 0 Å². The fraction of sp³-hybridized carbons (Fsp3) is 0.733. The van der Waals surface area contributed by atoms with E-state index in [9.17, 15) is 4.79 Å². The molecular formula is C15H26N2O2. The van der Waals surface area contributed by atoms with E-state index in [0.717, 1.165) is 36.2 Å². The van der Waals surface area contributed by atoms with Crippen molar-refractivity contribution in [3.63, 3.8) is 0 Å². The van der Waals surface area contributed by atoms with E-state index in [4.69, 9.17) is 4.84 Å². The standard InChI is InChI=1S/C15H26N2O2/c1-6-8-11(17-19-7-2)14-12(16-5)9-15(3,4)10-13(14)18/h17H,6-10H2,1-5H3/b14-11+,16-12?. The SMILES string of the molecule is CCC/C(NOCC)=C1\C(=O)CC(C)(C)CC1=NC. The zero-order chi connectivity index (χ0) is 14.5. The molecule has 1 rings (SSSR count). The lowest BCUT2D eigenvalue weighted by molar-refractivity contribution is -0.117. The van der Waals surface area contributed by atoms with Gasteiger partial charge in [-0.05, 0) is 25.2 Å². The van der Waals surface area contributed by atoms with Crippen LogP contribution in [0.4, 0.5) is 0 Å². The molecule has 19 heavy (non-hydrogen) atoms. The van der Waals surface area contributed by atoms with Crippen molar-refractivity contribution < 1.29 is 9.63 Å². The summed E-state index contributed by atoms with van der Waals surface area (Å²) in [5.74, 6) is 0.174. The second kappa shape index (κ2) is 6.85. The van der Waals surface area contributed by atoms with Crippen LogP contribution in [0.1, 0.15) is 53.4 Å². The van der Waals surface area contributed by atoms with E-state index < -0.39 is 0 Å². The molecule has 0 atom stereocenters. The van der Waals surface area contributed by atoms with Gasteiger partial charge in [0.1, 0.15) is 0 Å². The van der Waals surface area contributed by atoms with E-state index in [1.807, 2.05) is 6.92 Å². The molecule has 4 heteroatoms. The number of hydrogen-bond donors (Lipinski definition) is 1. The number of Topliss-reactive ketones (excluding diaryl/α,β-unsaturated/α-hetero) is 1. The minimum Gasteiger partial charge on any atom is -0.294 e. The highest BCUT2D eigenvalue weighted by atomic mass is 16.6. The highest BCUT2D eigenvalue weighted by Gasteiger charge is 2.35. The van der Waals surface area contributed by atoms with Gasteiger partial charge < -0.3 is 0 Å². The zero-order valence-electron chi connectivity index (χ0n) is 12.8. The van der Waals surface area contributed by atoms with E-state index in [1.165, 1.54) is 0 Å². The summed E-state index contributed by atoms with van der Waals surface area (Å²) in [7, 11) is 1.76. The minimum atomic E-state index is -0.00162. The first-order valence-electron chi connectivity index (χ1n) is 7.05. The van der Waals surface area contributed by atoms with Crippen LogP contribution in [0, 0.1) is 5.41 Å². The Morgan fingerprint density at radius 3 is 2.58 bits per heavy atom. The van der Waals surface area contributed by atoms with Gasteiger partial charge in [0.2, 0.25) is 0 Å². The summed E-state index contributed by atoms with van der Waals surface area (Å²) in [5.41, 5.74) is 5.47. The maximum atomic E-state index is 12.4. The van der Waals surface area contributed by atoms with Gasteiger partial charge in [0.25, 0.3) is 0 Å². The van der Waals surface area contributed by atoms with Gasteiger partial charge in [0, 0.05) is 19.2 Å². The first-order chi connectivity index (χ1) is 8.95. The Balaban J connectivity index is 3.13. The topological polar surface area (TPSA) is 50.7 Å². The van der Waals surface area contributed by atoms with Gasteiger partial charge in [-0.3, -0.25) is 20.1 Å². The van der Waals surface area contributed by atoms with E-state index in [2.05, 4.69) is 31.2 Å². The second-order valence-corrected chi connectivity index (χ2v) is 5.75. The summed E-state index contributed by atoms with van der Waals surface area (Å²) in [6.07, 6.45) is 3.18. The van der Waals surface area contributed by atoms with Crippen molar-refractivity contribution in [2.75, 3.05) is 13.7 Å². The lowest BCUT2D eigenvalue weighted by atomic mass is 9.73. The van der Waals surface area contributed by atoms with Gasteiger partial charge in [0.05, 0.1) is 17.9 Å². The van der Waals surface area contributed by atoms with Gasteiger partial charge in [0.15, 0.2) is 5.78 Å². The third-order valence-corrected chi connectivity index (χ3v) is 3.26. The van der Waals surface area contributed by atoms with Crippen LogP contribution in [0.25, 0.3) is 0 Å². The highest BCUT2D eigenvalue weighted by Crippen LogP contribution is 2.35. The molecule has 0 bridgehead atoms. The Morgan fingerprint density at radius 2 is 2.05 bits per heavy atom. The molecule has 108 valence electrons. The summed E-state index contributed by atoms with van der Waals surface area (Å²) >= 11 is 0. The first-order valence-corrected chi connectivity index (χ1v) is 7.05. The van der Waals surface area contributed by atoms with Crippen LogP contribution in [-0.2, 0) is 9.63 Å². The molecule has 0 amide bonds. The van der Waals surface area contributed by atoms with E-state index in [0.29, 0.717) is 13.0 Å². The number of hydrogen-bond acceptors (Lipinski definition) is 4. The maximum absolute atomic E-state index is 12.4. The predicted octanol–water partition coefficient (Wildman–Crippen LogP) is 3.04. The second-order valence-electron chi connectivity index (χ2n) is 5.75. The Hall–Kier alpha value is -1.16. The summed E-state index contributed by atoms with van der Waals surface area (Å²) in [4.78, 5) is 22.0. The van der Waals surface area contributed by atoms with E-state index in [-0.39, 0.29) is 11.2 Å². The van der Waals surface area contributed by atoms with Gasteiger partial charge in [-0.25, -0.2) is 0 Å². The Kier molecular flexibility index (Phi) is 5.73. The van der Waals surface area contributed by atoms with Crippen LogP contribution in [0.15, 0.2) is 16.3 Å². The number of hydroxylamine groups is 1. The summed E-state index contributed by atoms with van der Waals surface area (Å²) in [6.45, 7) is 8.81. The van der Waals surface area contributed by atoms with Crippen molar-refractivity contribution in [2.45, 2.75) is 53.4 Å². The summed E-state index contributed by atoms with van der Waals surface area (Å²) < 4.78 is 0. The van der Waals surface area contributed by atoms with Crippen LogP contribution >= 0.6 is 0 Å². The molecule has 0 aromatic rings. The van der Waals surface area contributed by atoms with E-state index >= 15 is 0 Å². The monoisotopic (exact) mass is 266 g/mol. The first kappa shape index (κ1) is 15.9. The van der Waals surface area contributed by atoms with Crippen molar-refractivity contribution in [3.8, 4) is 0 Å². The number of ketones is 1. The molecule has 0 spiro atoms. The number of nitrogens with one attached hydrogen (secondary N) is 1. The predicted molar refractivity (Wildman–Crippen MR) is 78.1 cm³/mol. The van der Waals surface area contributed by atoms with Gasteiger partial charge >= 0.3 is 0 Å². The van der Waals surface area contributed by atoms with Crippen LogP contribution in [-0.4, -0.2) is 25.1 Å². The average Bonchev–Trinajstić information content (AvgIpc) is 2.33. The number of carbonyl (C=O) groups excluding carboxylic acids is 1. The lowest BCUT2D eigenvalue weighted by Gasteiger charge is -2.32. The molecule has 1 fully saturated rings. The lowest BCUT2D eigenvalue weighted by Crippen LogP contribution is -2.34. The van der Waals surface area contributed by atoms with Crippen LogP contribution in [0.3, 0.4) is 0 Å². The van der Waals surface area contributed by atoms with Crippen LogP contribution < -0.4 is 5.48 Å². The average molecular weight is 266 g/mol.